The Morgan fingerprint density at radius 1 is 0.964 bits per heavy atom. The first kappa shape index (κ1) is 18.2. The molecule has 4 heteroatoms. The van der Waals surface area contributed by atoms with Crippen LogP contribution in [0, 0.1) is 0 Å². The maximum absolute atomic E-state index is 13.0. The minimum absolute atomic E-state index is 0.212. The molecule has 4 nitrogen and oxygen atoms in total. The summed E-state index contributed by atoms with van der Waals surface area (Å²) in [6.07, 6.45) is 13.9. The molecule has 0 spiro atoms. The molecule has 2 aromatic rings. The Kier molecular flexibility index (Phi) is 5.15. The van der Waals surface area contributed by atoms with E-state index >= 15 is 0 Å². The summed E-state index contributed by atoms with van der Waals surface area (Å²) < 4.78 is 0. The van der Waals surface area contributed by atoms with Crippen LogP contribution in [0.15, 0.2) is 18.2 Å². The third kappa shape index (κ3) is 3.47. The molecule has 150 valence electrons. The van der Waals surface area contributed by atoms with Gasteiger partial charge in [-0.25, -0.2) is 0 Å². The zero-order valence-corrected chi connectivity index (χ0v) is 16.9. The molecular formula is C24H33N3O. The van der Waals surface area contributed by atoms with Crippen molar-refractivity contribution < 1.29 is 4.79 Å². The number of hydrogen-bond acceptors (Lipinski definition) is 2. The van der Waals surface area contributed by atoms with Crippen molar-refractivity contribution in [3.05, 3.63) is 35.0 Å². The van der Waals surface area contributed by atoms with E-state index in [9.17, 15) is 4.79 Å². The summed E-state index contributed by atoms with van der Waals surface area (Å²) >= 11 is 0. The van der Waals surface area contributed by atoms with Crippen LogP contribution in [-0.4, -0.2) is 34.9 Å². The average molecular weight is 380 g/mol. The van der Waals surface area contributed by atoms with E-state index in [1.165, 1.54) is 73.5 Å². The molecular weight excluding hydrogens is 346 g/mol. The summed E-state index contributed by atoms with van der Waals surface area (Å²) in [5.41, 5.74) is 4.88. The fourth-order valence-corrected chi connectivity index (χ4v) is 5.60. The van der Waals surface area contributed by atoms with Crippen molar-refractivity contribution in [2.24, 2.45) is 0 Å². The van der Waals surface area contributed by atoms with Gasteiger partial charge >= 0.3 is 0 Å². The number of nitrogens with one attached hydrogen (secondary N) is 2. The fraction of sp³-hybridized carbons (Fsp3) is 0.625. The molecule has 2 fully saturated rings. The Morgan fingerprint density at radius 2 is 1.75 bits per heavy atom. The molecule has 2 N–H and O–H groups in total. The molecule has 1 amide bonds. The summed E-state index contributed by atoms with van der Waals surface area (Å²) in [5, 5.41) is 5.23. The maximum atomic E-state index is 13.0. The van der Waals surface area contributed by atoms with Crippen LogP contribution in [0.3, 0.4) is 0 Å². The van der Waals surface area contributed by atoms with Crippen molar-refractivity contribution in [1.82, 2.24) is 15.2 Å². The molecule has 1 unspecified atom stereocenters. The SMILES string of the molecule is O=C(c1ccc2[nH]c3c(c2c1)CCCC3NC1CCCCC1)N1CCCCC1. The van der Waals surface area contributed by atoms with Gasteiger partial charge in [0.15, 0.2) is 0 Å². The van der Waals surface area contributed by atoms with Gasteiger partial charge in [0.05, 0.1) is 0 Å². The number of carbonyl (C=O) groups is 1. The first-order valence-corrected chi connectivity index (χ1v) is 11.5. The number of aromatic nitrogens is 1. The summed E-state index contributed by atoms with van der Waals surface area (Å²) in [5.74, 6) is 0.212. The van der Waals surface area contributed by atoms with Gasteiger partial charge in [0, 0.05) is 47.3 Å². The first-order valence-electron chi connectivity index (χ1n) is 11.5. The number of piperidine rings is 1. The number of fused-ring (bicyclic) bond motifs is 3. The van der Waals surface area contributed by atoms with Gasteiger partial charge in [0.2, 0.25) is 0 Å². The van der Waals surface area contributed by atoms with Gasteiger partial charge in [0.1, 0.15) is 0 Å². The second kappa shape index (κ2) is 7.90. The molecule has 1 saturated carbocycles. The molecule has 2 aliphatic carbocycles. The van der Waals surface area contributed by atoms with E-state index < -0.39 is 0 Å². The normalized spacial score (nSPS) is 23.7. The molecule has 28 heavy (non-hydrogen) atoms. The highest BCUT2D eigenvalue weighted by Gasteiger charge is 2.27. The summed E-state index contributed by atoms with van der Waals surface area (Å²) in [6, 6.07) is 7.42. The molecule has 0 radical (unpaired) electrons. The van der Waals surface area contributed by atoms with Crippen molar-refractivity contribution >= 4 is 16.8 Å². The average Bonchev–Trinajstić information content (AvgIpc) is 3.14. The van der Waals surface area contributed by atoms with E-state index in [0.717, 1.165) is 37.9 Å². The first-order chi connectivity index (χ1) is 13.8. The Hall–Kier alpha value is -1.81. The van der Waals surface area contributed by atoms with Gasteiger partial charge in [0.25, 0.3) is 5.91 Å². The summed E-state index contributed by atoms with van der Waals surface area (Å²) in [7, 11) is 0. The van der Waals surface area contributed by atoms with Gasteiger partial charge < -0.3 is 15.2 Å². The van der Waals surface area contributed by atoms with Crippen molar-refractivity contribution in [3.8, 4) is 0 Å². The van der Waals surface area contributed by atoms with E-state index in [1.807, 2.05) is 11.0 Å². The van der Waals surface area contributed by atoms with Crippen LogP contribution in [-0.2, 0) is 6.42 Å². The number of amides is 1. The topological polar surface area (TPSA) is 48.1 Å². The largest absolute Gasteiger partial charge is 0.357 e. The zero-order chi connectivity index (χ0) is 18.9. The van der Waals surface area contributed by atoms with E-state index in [0.29, 0.717) is 12.1 Å². The van der Waals surface area contributed by atoms with Gasteiger partial charge in [-0.2, -0.15) is 0 Å². The van der Waals surface area contributed by atoms with Crippen LogP contribution in [0.1, 0.15) is 91.9 Å². The number of aryl methyl sites for hydroxylation is 1. The van der Waals surface area contributed by atoms with Crippen molar-refractivity contribution in [2.45, 2.75) is 82.7 Å². The number of aromatic amines is 1. The Morgan fingerprint density at radius 3 is 2.57 bits per heavy atom. The predicted octanol–water partition coefficient (Wildman–Crippen LogP) is 5.09. The molecule has 2 heterocycles. The lowest BCUT2D eigenvalue weighted by Crippen LogP contribution is -2.36. The van der Waals surface area contributed by atoms with Gasteiger partial charge in [-0.15, -0.1) is 0 Å². The van der Waals surface area contributed by atoms with Crippen LogP contribution >= 0.6 is 0 Å². The van der Waals surface area contributed by atoms with Crippen LogP contribution in [0.4, 0.5) is 0 Å². The minimum Gasteiger partial charge on any atom is -0.357 e. The number of benzene rings is 1. The van der Waals surface area contributed by atoms with Gasteiger partial charge in [-0.3, -0.25) is 4.79 Å². The summed E-state index contributed by atoms with van der Waals surface area (Å²) in [4.78, 5) is 18.7. The predicted molar refractivity (Wildman–Crippen MR) is 114 cm³/mol. The molecule has 0 bridgehead atoms. The molecule has 3 aliphatic rings. The van der Waals surface area contributed by atoms with E-state index in [1.54, 1.807) is 0 Å². The number of H-pyrrole nitrogens is 1. The highest BCUT2D eigenvalue weighted by Crippen LogP contribution is 2.36. The third-order valence-electron chi connectivity index (χ3n) is 7.14. The van der Waals surface area contributed by atoms with Crippen molar-refractivity contribution in [3.63, 3.8) is 0 Å². The lowest BCUT2D eigenvalue weighted by Gasteiger charge is -2.31. The van der Waals surface area contributed by atoms with Gasteiger partial charge in [-0.1, -0.05) is 19.3 Å². The standard InChI is InChI=1S/C24H33N3O/c28-24(27-14-5-2-6-15-27)17-12-13-21-20(16-17)19-10-7-11-22(23(19)26-21)25-18-8-3-1-4-9-18/h12-13,16,18,22,25-26H,1-11,14-15H2. The Bertz CT molecular complexity index is 843. The number of likely N-dealkylation sites (tertiary alicyclic amines) is 1. The fourth-order valence-electron chi connectivity index (χ4n) is 5.60. The molecule has 1 atom stereocenters. The summed E-state index contributed by atoms with van der Waals surface area (Å²) in [6.45, 7) is 1.82. The van der Waals surface area contributed by atoms with Crippen LogP contribution in [0.25, 0.3) is 10.9 Å². The Balaban J connectivity index is 1.42. The molecule has 1 aromatic heterocycles. The van der Waals surface area contributed by atoms with Crippen molar-refractivity contribution in [2.75, 3.05) is 13.1 Å². The highest BCUT2D eigenvalue weighted by molar-refractivity contribution is 5.99. The highest BCUT2D eigenvalue weighted by atomic mass is 16.2. The third-order valence-corrected chi connectivity index (χ3v) is 7.14. The lowest BCUT2D eigenvalue weighted by atomic mass is 9.89. The smallest absolute Gasteiger partial charge is 0.253 e. The second-order valence-corrected chi connectivity index (χ2v) is 9.08. The second-order valence-electron chi connectivity index (χ2n) is 9.08. The number of carbonyl (C=O) groups excluding carboxylic acids is 1. The quantitative estimate of drug-likeness (QED) is 0.780. The number of nitrogens with zero attached hydrogens (tertiary/aromatic N) is 1. The molecule has 1 aromatic carbocycles. The van der Waals surface area contributed by atoms with Gasteiger partial charge in [-0.05, 0) is 75.1 Å². The van der Waals surface area contributed by atoms with Crippen LogP contribution in [0.5, 0.6) is 0 Å². The van der Waals surface area contributed by atoms with E-state index in [-0.39, 0.29) is 5.91 Å². The molecule has 5 rings (SSSR count). The van der Waals surface area contributed by atoms with E-state index in [2.05, 4.69) is 22.4 Å². The monoisotopic (exact) mass is 379 g/mol. The molecule has 1 aliphatic heterocycles. The van der Waals surface area contributed by atoms with Crippen molar-refractivity contribution in [1.29, 1.82) is 0 Å². The van der Waals surface area contributed by atoms with Crippen LogP contribution < -0.4 is 5.32 Å². The maximum Gasteiger partial charge on any atom is 0.253 e. The van der Waals surface area contributed by atoms with Crippen LogP contribution in [0.2, 0.25) is 0 Å². The Labute approximate surface area is 168 Å². The molecule has 1 saturated heterocycles. The lowest BCUT2D eigenvalue weighted by molar-refractivity contribution is 0.0724. The number of rotatable bonds is 3. The van der Waals surface area contributed by atoms with E-state index in [4.69, 9.17) is 0 Å². The minimum atomic E-state index is 0.212. The zero-order valence-electron chi connectivity index (χ0n) is 16.9. The number of hydrogen-bond donors (Lipinski definition) is 2.